The largest absolute Gasteiger partial charge is 0.492 e. The topological polar surface area (TPSA) is 65.0 Å². The van der Waals surface area contributed by atoms with Gasteiger partial charge in [-0.2, -0.15) is 0 Å². The summed E-state index contributed by atoms with van der Waals surface area (Å²) < 4.78 is 15.6. The second-order valence-corrected chi connectivity index (χ2v) is 3.09. The Kier molecular flexibility index (Phi) is 2.68. The Balaban J connectivity index is 2.43. The minimum atomic E-state index is -1.01. The molecule has 0 atom stereocenters. The molecule has 2 rings (SSSR count). The van der Waals surface area contributed by atoms with Crippen LogP contribution in [0.4, 0.5) is 0 Å². The van der Waals surface area contributed by atoms with E-state index in [0.29, 0.717) is 22.8 Å². The van der Waals surface area contributed by atoms with Gasteiger partial charge in [-0.3, -0.25) is 0 Å². The first-order chi connectivity index (χ1) is 7.72. The molecule has 0 unspecified atom stereocenters. The van der Waals surface area contributed by atoms with Gasteiger partial charge in [0.1, 0.15) is 0 Å². The minimum absolute atomic E-state index is 0.151. The van der Waals surface area contributed by atoms with Gasteiger partial charge < -0.3 is 19.3 Å². The Morgan fingerprint density at radius 1 is 1.50 bits per heavy atom. The molecule has 0 aromatic heterocycles. The highest BCUT2D eigenvalue weighted by Crippen LogP contribution is 2.43. The summed E-state index contributed by atoms with van der Waals surface area (Å²) in [5, 5.41) is 8.55. The summed E-state index contributed by atoms with van der Waals surface area (Å²) in [6.07, 6.45) is 2.49. The van der Waals surface area contributed by atoms with Crippen molar-refractivity contribution in [3.8, 4) is 17.2 Å². The summed E-state index contributed by atoms with van der Waals surface area (Å²) in [6, 6.07) is 3.43. The molecule has 1 aliphatic heterocycles. The molecular formula is C11H10O5. The Labute approximate surface area is 91.9 Å². The van der Waals surface area contributed by atoms with Crippen LogP contribution in [-0.2, 0) is 4.79 Å². The molecule has 5 heteroatoms. The van der Waals surface area contributed by atoms with Crippen molar-refractivity contribution in [1.29, 1.82) is 0 Å². The number of rotatable bonds is 3. The highest BCUT2D eigenvalue weighted by atomic mass is 16.7. The van der Waals surface area contributed by atoms with Crippen LogP contribution >= 0.6 is 0 Å². The summed E-state index contributed by atoms with van der Waals surface area (Å²) in [5.74, 6) is 0.576. The van der Waals surface area contributed by atoms with Gasteiger partial charge in [-0.1, -0.05) is 0 Å². The van der Waals surface area contributed by atoms with Crippen LogP contribution in [0.25, 0.3) is 6.08 Å². The molecule has 0 bridgehead atoms. The minimum Gasteiger partial charge on any atom is -0.492 e. The Morgan fingerprint density at radius 2 is 2.31 bits per heavy atom. The fourth-order valence-corrected chi connectivity index (χ4v) is 1.46. The van der Waals surface area contributed by atoms with Crippen molar-refractivity contribution in [2.75, 3.05) is 13.9 Å². The molecule has 0 amide bonds. The molecule has 1 aromatic rings. The standard InChI is InChI=1S/C11H10O5/c1-14-10-7(3-5-9(12)13)2-4-8-11(10)16-6-15-8/h2-5H,6H2,1H3,(H,12,13). The third-order valence-electron chi connectivity index (χ3n) is 2.13. The molecule has 0 saturated heterocycles. The number of fused-ring (bicyclic) bond motifs is 1. The molecule has 16 heavy (non-hydrogen) atoms. The summed E-state index contributed by atoms with van der Waals surface area (Å²) >= 11 is 0. The zero-order valence-electron chi connectivity index (χ0n) is 8.60. The van der Waals surface area contributed by atoms with Crippen LogP contribution in [0.1, 0.15) is 5.56 Å². The van der Waals surface area contributed by atoms with Crippen molar-refractivity contribution in [3.05, 3.63) is 23.8 Å². The molecule has 0 saturated carbocycles. The van der Waals surface area contributed by atoms with Crippen molar-refractivity contribution in [3.63, 3.8) is 0 Å². The van der Waals surface area contributed by atoms with Gasteiger partial charge in [0.25, 0.3) is 0 Å². The van der Waals surface area contributed by atoms with E-state index in [1.807, 2.05) is 0 Å². The van der Waals surface area contributed by atoms with Gasteiger partial charge in [-0.25, -0.2) is 4.79 Å². The van der Waals surface area contributed by atoms with Crippen LogP contribution in [0.2, 0.25) is 0 Å². The number of aliphatic carboxylic acids is 1. The van der Waals surface area contributed by atoms with Gasteiger partial charge in [-0.05, 0) is 18.2 Å². The molecule has 1 heterocycles. The van der Waals surface area contributed by atoms with Gasteiger partial charge in [0.15, 0.2) is 11.5 Å². The van der Waals surface area contributed by atoms with Crippen LogP contribution in [0.15, 0.2) is 18.2 Å². The Hall–Kier alpha value is -2.17. The van der Waals surface area contributed by atoms with Crippen LogP contribution in [-0.4, -0.2) is 25.0 Å². The summed E-state index contributed by atoms with van der Waals surface area (Å²) in [7, 11) is 1.50. The normalized spacial score (nSPS) is 13.1. The lowest BCUT2D eigenvalue weighted by atomic mass is 10.1. The quantitative estimate of drug-likeness (QED) is 0.785. The zero-order chi connectivity index (χ0) is 11.5. The maximum Gasteiger partial charge on any atom is 0.328 e. The third-order valence-corrected chi connectivity index (χ3v) is 2.13. The fraction of sp³-hybridized carbons (Fsp3) is 0.182. The van der Waals surface area contributed by atoms with Crippen molar-refractivity contribution in [2.24, 2.45) is 0 Å². The molecule has 1 aromatic carbocycles. The first-order valence-electron chi connectivity index (χ1n) is 4.60. The van der Waals surface area contributed by atoms with Crippen molar-refractivity contribution >= 4 is 12.0 Å². The monoisotopic (exact) mass is 222 g/mol. The van der Waals surface area contributed by atoms with Crippen LogP contribution in [0.3, 0.4) is 0 Å². The second kappa shape index (κ2) is 4.14. The molecule has 1 aliphatic rings. The molecule has 0 fully saturated rings. The number of ether oxygens (including phenoxy) is 3. The highest BCUT2D eigenvalue weighted by Gasteiger charge is 2.20. The Morgan fingerprint density at radius 3 is 3.00 bits per heavy atom. The Bertz CT molecular complexity index is 450. The lowest BCUT2D eigenvalue weighted by Gasteiger charge is -2.07. The van der Waals surface area contributed by atoms with Crippen LogP contribution in [0.5, 0.6) is 17.2 Å². The lowest BCUT2D eigenvalue weighted by Crippen LogP contribution is -1.94. The number of hydrogen-bond donors (Lipinski definition) is 1. The average molecular weight is 222 g/mol. The van der Waals surface area contributed by atoms with E-state index in [-0.39, 0.29) is 6.79 Å². The number of carboxylic acids is 1. The molecule has 1 N–H and O–H groups in total. The first-order valence-corrected chi connectivity index (χ1v) is 4.60. The molecular weight excluding hydrogens is 212 g/mol. The fourth-order valence-electron chi connectivity index (χ4n) is 1.46. The van der Waals surface area contributed by atoms with Gasteiger partial charge >= 0.3 is 5.97 Å². The van der Waals surface area contributed by atoms with E-state index in [1.54, 1.807) is 12.1 Å². The number of carbonyl (C=O) groups is 1. The highest BCUT2D eigenvalue weighted by molar-refractivity contribution is 5.86. The van der Waals surface area contributed by atoms with Crippen molar-refractivity contribution in [1.82, 2.24) is 0 Å². The van der Waals surface area contributed by atoms with E-state index in [9.17, 15) is 4.79 Å². The molecule has 0 spiro atoms. The zero-order valence-corrected chi connectivity index (χ0v) is 8.60. The van der Waals surface area contributed by atoms with E-state index in [4.69, 9.17) is 19.3 Å². The van der Waals surface area contributed by atoms with Gasteiger partial charge in [0, 0.05) is 11.6 Å². The average Bonchev–Trinajstić information content (AvgIpc) is 2.73. The van der Waals surface area contributed by atoms with Crippen molar-refractivity contribution in [2.45, 2.75) is 0 Å². The van der Waals surface area contributed by atoms with Crippen molar-refractivity contribution < 1.29 is 24.1 Å². The SMILES string of the molecule is COc1c(C=CC(=O)O)ccc2c1OCO2. The lowest BCUT2D eigenvalue weighted by molar-refractivity contribution is -0.131. The van der Waals surface area contributed by atoms with Crippen LogP contribution < -0.4 is 14.2 Å². The van der Waals surface area contributed by atoms with Gasteiger partial charge in [-0.15, -0.1) is 0 Å². The maximum atomic E-state index is 10.4. The van der Waals surface area contributed by atoms with Gasteiger partial charge in [0.2, 0.25) is 12.5 Å². The van der Waals surface area contributed by atoms with E-state index in [2.05, 4.69) is 0 Å². The number of methoxy groups -OCH3 is 1. The maximum absolute atomic E-state index is 10.4. The number of carboxylic acid groups (broad SMARTS) is 1. The molecule has 84 valence electrons. The van der Waals surface area contributed by atoms with E-state index in [0.717, 1.165) is 6.08 Å². The first kappa shape index (κ1) is 10.4. The van der Waals surface area contributed by atoms with E-state index in [1.165, 1.54) is 13.2 Å². The third kappa shape index (κ3) is 1.79. The summed E-state index contributed by atoms with van der Waals surface area (Å²) in [4.78, 5) is 10.4. The molecule has 5 nitrogen and oxygen atoms in total. The predicted molar refractivity (Wildman–Crippen MR) is 55.8 cm³/mol. The van der Waals surface area contributed by atoms with E-state index < -0.39 is 5.97 Å². The van der Waals surface area contributed by atoms with Crippen LogP contribution in [0, 0.1) is 0 Å². The van der Waals surface area contributed by atoms with Gasteiger partial charge in [0.05, 0.1) is 7.11 Å². The van der Waals surface area contributed by atoms with E-state index >= 15 is 0 Å². The summed E-state index contributed by atoms with van der Waals surface area (Å²) in [5.41, 5.74) is 0.633. The number of benzene rings is 1. The molecule has 0 radical (unpaired) electrons. The smallest absolute Gasteiger partial charge is 0.328 e. The summed E-state index contributed by atoms with van der Waals surface area (Å²) in [6.45, 7) is 0.151. The number of hydrogen-bond acceptors (Lipinski definition) is 4. The molecule has 0 aliphatic carbocycles. The predicted octanol–water partition coefficient (Wildman–Crippen LogP) is 1.52. The second-order valence-electron chi connectivity index (χ2n) is 3.09.